The van der Waals surface area contributed by atoms with Gasteiger partial charge in [0.15, 0.2) is 17.0 Å². The lowest BCUT2D eigenvalue weighted by Crippen LogP contribution is -2.37. The summed E-state index contributed by atoms with van der Waals surface area (Å²) in [6.45, 7) is -0.204. The zero-order chi connectivity index (χ0) is 18.3. The van der Waals surface area contributed by atoms with Gasteiger partial charge in [-0.15, -0.1) is 0 Å². The number of aryl methyl sites for hydroxylation is 1. The van der Waals surface area contributed by atoms with E-state index in [1.165, 1.54) is 41.8 Å². The van der Waals surface area contributed by atoms with E-state index >= 15 is 0 Å². The Labute approximate surface area is 150 Å². The van der Waals surface area contributed by atoms with Crippen molar-refractivity contribution in [2.75, 3.05) is 5.32 Å². The first kappa shape index (κ1) is 17.2. The third kappa shape index (κ3) is 3.03. The van der Waals surface area contributed by atoms with Crippen LogP contribution in [0.3, 0.4) is 0 Å². The van der Waals surface area contributed by atoms with Gasteiger partial charge in [-0.05, 0) is 6.07 Å². The van der Waals surface area contributed by atoms with Crippen LogP contribution in [0.15, 0.2) is 28.2 Å². The second-order valence-electron chi connectivity index (χ2n) is 5.28. The highest BCUT2D eigenvalue weighted by molar-refractivity contribution is 6.36. The first-order chi connectivity index (χ1) is 11.8. The minimum absolute atomic E-state index is 0.148. The number of aromatic nitrogens is 5. The molecule has 0 aromatic carbocycles. The molecule has 0 aliphatic heterocycles. The largest absolute Gasteiger partial charge is 0.332 e. The van der Waals surface area contributed by atoms with Crippen LogP contribution in [0.5, 0.6) is 0 Å². The van der Waals surface area contributed by atoms with Gasteiger partial charge >= 0.3 is 5.69 Å². The fourth-order valence-electron chi connectivity index (χ4n) is 2.35. The van der Waals surface area contributed by atoms with Crippen molar-refractivity contribution in [3.05, 3.63) is 49.5 Å². The predicted octanol–water partition coefficient (Wildman–Crippen LogP) is 0.774. The zero-order valence-corrected chi connectivity index (χ0v) is 14.7. The number of pyridine rings is 1. The van der Waals surface area contributed by atoms with Crippen molar-refractivity contribution >= 4 is 46.1 Å². The van der Waals surface area contributed by atoms with E-state index in [1.54, 1.807) is 0 Å². The monoisotopic (exact) mass is 382 g/mol. The van der Waals surface area contributed by atoms with E-state index in [4.69, 9.17) is 23.2 Å². The second kappa shape index (κ2) is 6.34. The number of nitrogens with zero attached hydrogens (tertiary/aromatic N) is 5. The predicted molar refractivity (Wildman–Crippen MR) is 93.1 cm³/mol. The smallest absolute Gasteiger partial charge is 0.315 e. The molecule has 0 atom stereocenters. The van der Waals surface area contributed by atoms with Gasteiger partial charge in [0, 0.05) is 20.3 Å². The van der Waals surface area contributed by atoms with Crippen LogP contribution in [0.1, 0.15) is 0 Å². The number of halogens is 2. The molecule has 0 spiro atoms. The van der Waals surface area contributed by atoms with Gasteiger partial charge in [-0.1, -0.05) is 23.2 Å². The Morgan fingerprint density at radius 2 is 1.92 bits per heavy atom. The summed E-state index contributed by atoms with van der Waals surface area (Å²) in [4.78, 5) is 44.4. The standard InChI is InChI=1S/C14H12Cl2N6O3/c1-20-12-10(13(24)21(2)14(20)25)22(6-18-12)5-9(23)19-11-8(16)3-7(15)4-17-11/h3-4,6H,5H2,1-2H3,(H,17,19,23). The van der Waals surface area contributed by atoms with E-state index < -0.39 is 17.2 Å². The number of amides is 1. The van der Waals surface area contributed by atoms with E-state index in [0.29, 0.717) is 5.02 Å². The molecule has 0 aliphatic carbocycles. The van der Waals surface area contributed by atoms with Crippen LogP contribution in [0.4, 0.5) is 5.82 Å². The highest BCUT2D eigenvalue weighted by Gasteiger charge is 2.16. The molecule has 0 unspecified atom stereocenters. The van der Waals surface area contributed by atoms with Crippen molar-refractivity contribution in [1.82, 2.24) is 23.7 Å². The van der Waals surface area contributed by atoms with Gasteiger partial charge in [0.25, 0.3) is 5.56 Å². The molecular weight excluding hydrogens is 371 g/mol. The number of hydrogen-bond donors (Lipinski definition) is 1. The minimum atomic E-state index is -0.536. The third-order valence-electron chi connectivity index (χ3n) is 3.60. The maximum absolute atomic E-state index is 12.3. The van der Waals surface area contributed by atoms with Crippen molar-refractivity contribution in [3.8, 4) is 0 Å². The van der Waals surface area contributed by atoms with Gasteiger partial charge in [0.2, 0.25) is 5.91 Å². The number of hydrogen-bond acceptors (Lipinski definition) is 5. The van der Waals surface area contributed by atoms with Crippen LogP contribution in [0.2, 0.25) is 10.0 Å². The molecule has 0 aliphatic rings. The van der Waals surface area contributed by atoms with Crippen LogP contribution < -0.4 is 16.6 Å². The molecule has 0 fully saturated rings. The van der Waals surface area contributed by atoms with Gasteiger partial charge in [0.1, 0.15) is 6.54 Å². The van der Waals surface area contributed by atoms with Crippen molar-refractivity contribution in [2.45, 2.75) is 6.54 Å². The van der Waals surface area contributed by atoms with Crippen molar-refractivity contribution in [2.24, 2.45) is 14.1 Å². The van der Waals surface area contributed by atoms with Crippen LogP contribution in [-0.4, -0.2) is 29.6 Å². The number of carbonyl (C=O) groups excluding carboxylic acids is 1. The molecule has 0 saturated heterocycles. The molecule has 3 aromatic heterocycles. The summed E-state index contributed by atoms with van der Waals surface area (Å²) in [6.07, 6.45) is 2.67. The quantitative estimate of drug-likeness (QED) is 0.720. The highest BCUT2D eigenvalue weighted by Crippen LogP contribution is 2.22. The molecule has 0 radical (unpaired) electrons. The number of nitrogens with one attached hydrogen (secondary N) is 1. The van der Waals surface area contributed by atoms with Crippen LogP contribution in [0, 0.1) is 0 Å². The summed E-state index contributed by atoms with van der Waals surface area (Å²) in [6, 6.07) is 1.45. The van der Waals surface area contributed by atoms with Crippen LogP contribution in [0.25, 0.3) is 11.2 Å². The molecule has 1 N–H and O–H groups in total. The Balaban J connectivity index is 1.94. The lowest BCUT2D eigenvalue weighted by atomic mass is 10.4. The van der Waals surface area contributed by atoms with E-state index in [2.05, 4.69) is 15.3 Å². The average molecular weight is 383 g/mol. The summed E-state index contributed by atoms with van der Waals surface area (Å²) in [5, 5.41) is 3.06. The third-order valence-corrected chi connectivity index (χ3v) is 4.09. The molecule has 25 heavy (non-hydrogen) atoms. The van der Waals surface area contributed by atoms with Crippen LogP contribution in [-0.2, 0) is 25.4 Å². The van der Waals surface area contributed by atoms with Crippen LogP contribution >= 0.6 is 23.2 Å². The fourth-order valence-corrected chi connectivity index (χ4v) is 2.78. The maximum atomic E-state index is 12.3. The average Bonchev–Trinajstić information content (AvgIpc) is 2.97. The molecule has 3 aromatic rings. The Kier molecular flexibility index (Phi) is 4.36. The van der Waals surface area contributed by atoms with E-state index in [0.717, 1.165) is 4.57 Å². The zero-order valence-electron chi connectivity index (χ0n) is 13.2. The maximum Gasteiger partial charge on any atom is 0.332 e. The summed E-state index contributed by atoms with van der Waals surface area (Å²) in [7, 11) is 2.86. The first-order valence-corrected chi connectivity index (χ1v) is 7.77. The number of rotatable bonds is 3. The Bertz CT molecular complexity index is 1110. The molecule has 11 heteroatoms. The molecule has 130 valence electrons. The SMILES string of the molecule is Cn1c(=O)c2c(ncn2CC(=O)Nc2ncc(Cl)cc2Cl)n(C)c1=O. The van der Waals surface area contributed by atoms with Crippen molar-refractivity contribution in [1.29, 1.82) is 0 Å². The Morgan fingerprint density at radius 3 is 2.60 bits per heavy atom. The minimum Gasteiger partial charge on any atom is -0.315 e. The summed E-state index contributed by atoms with van der Waals surface area (Å²) >= 11 is 11.7. The first-order valence-electron chi connectivity index (χ1n) is 7.01. The molecule has 9 nitrogen and oxygen atoms in total. The lowest BCUT2D eigenvalue weighted by Gasteiger charge is -2.08. The molecule has 3 rings (SSSR count). The Morgan fingerprint density at radius 1 is 1.20 bits per heavy atom. The van der Waals surface area contributed by atoms with Gasteiger partial charge in [-0.25, -0.2) is 14.8 Å². The van der Waals surface area contributed by atoms with E-state index in [1.807, 2.05) is 0 Å². The number of fused-ring (bicyclic) bond motifs is 1. The molecule has 1 amide bonds. The second-order valence-corrected chi connectivity index (χ2v) is 6.13. The Hall–Kier alpha value is -2.65. The summed E-state index contributed by atoms with van der Waals surface area (Å²) in [5.41, 5.74) is -0.686. The van der Waals surface area contributed by atoms with Crippen molar-refractivity contribution < 1.29 is 4.79 Å². The summed E-state index contributed by atoms with van der Waals surface area (Å²) < 4.78 is 3.55. The van der Waals surface area contributed by atoms with Gasteiger partial charge < -0.3 is 9.88 Å². The van der Waals surface area contributed by atoms with Gasteiger partial charge in [-0.3, -0.25) is 18.7 Å². The summed E-state index contributed by atoms with van der Waals surface area (Å²) in [5.74, 6) is -0.312. The number of carbonyl (C=O) groups is 1. The topological polar surface area (TPSA) is 104 Å². The highest BCUT2D eigenvalue weighted by atomic mass is 35.5. The van der Waals surface area contributed by atoms with E-state index in [-0.39, 0.29) is 28.5 Å². The molecular formula is C14H12Cl2N6O3. The molecule has 0 bridgehead atoms. The van der Waals surface area contributed by atoms with Gasteiger partial charge in [-0.2, -0.15) is 0 Å². The number of anilines is 1. The normalized spacial score (nSPS) is 11.0. The number of imidazole rings is 1. The molecule has 0 saturated carbocycles. The lowest BCUT2D eigenvalue weighted by molar-refractivity contribution is -0.116. The van der Waals surface area contributed by atoms with E-state index in [9.17, 15) is 14.4 Å². The van der Waals surface area contributed by atoms with Gasteiger partial charge in [0.05, 0.1) is 16.4 Å². The fraction of sp³-hybridized carbons (Fsp3) is 0.214. The van der Waals surface area contributed by atoms with Crippen molar-refractivity contribution in [3.63, 3.8) is 0 Å². The molecule has 3 heterocycles.